The van der Waals surface area contributed by atoms with Crippen LogP contribution in [0.2, 0.25) is 0 Å². The van der Waals surface area contributed by atoms with Gasteiger partial charge in [0.05, 0.1) is 11.2 Å². The highest BCUT2D eigenvalue weighted by Crippen LogP contribution is 2.23. The molecule has 0 bridgehead atoms. The van der Waals surface area contributed by atoms with Crippen LogP contribution in [0.15, 0.2) is 70.2 Å². The lowest BCUT2D eigenvalue weighted by Gasteiger charge is -2.34. The van der Waals surface area contributed by atoms with Gasteiger partial charge in [0.25, 0.3) is 5.91 Å². The zero-order valence-corrected chi connectivity index (χ0v) is 18.4. The van der Waals surface area contributed by atoms with Crippen molar-refractivity contribution in [2.75, 3.05) is 32.7 Å². The fourth-order valence-corrected chi connectivity index (χ4v) is 5.21. The second-order valence-electron chi connectivity index (χ2n) is 7.63. The Labute approximate surface area is 186 Å². The maximum atomic E-state index is 13.1. The molecule has 2 heterocycles. The van der Waals surface area contributed by atoms with Crippen molar-refractivity contribution in [3.63, 3.8) is 0 Å². The number of rotatable bonds is 7. The van der Waals surface area contributed by atoms with Gasteiger partial charge in [-0.15, -0.1) is 0 Å². The Bertz CT molecular complexity index is 1200. The van der Waals surface area contributed by atoms with Gasteiger partial charge in [-0.05, 0) is 41.5 Å². The van der Waals surface area contributed by atoms with E-state index in [2.05, 4.69) is 5.32 Å². The fraction of sp³-hybridized carbons (Fsp3) is 0.304. The number of carbonyl (C=O) groups excluding carboxylic acids is 2. The number of carbonyl (C=O) groups is 2. The van der Waals surface area contributed by atoms with E-state index in [1.807, 2.05) is 30.3 Å². The number of fused-ring (bicyclic) bond motifs is 1. The molecule has 0 unspecified atom stereocenters. The molecule has 1 N–H and O–H groups in total. The van der Waals surface area contributed by atoms with Gasteiger partial charge in [-0.1, -0.05) is 30.3 Å². The van der Waals surface area contributed by atoms with E-state index >= 15 is 0 Å². The molecule has 8 nitrogen and oxygen atoms in total. The first-order valence-electron chi connectivity index (χ1n) is 10.5. The van der Waals surface area contributed by atoms with E-state index in [0.717, 1.165) is 10.8 Å². The molecule has 168 valence electrons. The Morgan fingerprint density at radius 1 is 0.938 bits per heavy atom. The van der Waals surface area contributed by atoms with E-state index < -0.39 is 10.0 Å². The summed E-state index contributed by atoms with van der Waals surface area (Å²) in [5, 5.41) is 4.57. The van der Waals surface area contributed by atoms with Gasteiger partial charge in [0, 0.05) is 39.1 Å². The first kappa shape index (κ1) is 22.0. The van der Waals surface area contributed by atoms with Crippen LogP contribution in [-0.2, 0) is 14.8 Å². The maximum absolute atomic E-state index is 13.1. The zero-order valence-electron chi connectivity index (χ0n) is 17.6. The third-order valence-corrected chi connectivity index (χ3v) is 7.44. The Kier molecular flexibility index (Phi) is 6.57. The fourth-order valence-electron chi connectivity index (χ4n) is 3.75. The van der Waals surface area contributed by atoms with Gasteiger partial charge in [0.2, 0.25) is 15.9 Å². The lowest BCUT2D eigenvalue weighted by atomic mass is 10.1. The van der Waals surface area contributed by atoms with Gasteiger partial charge < -0.3 is 14.6 Å². The number of nitrogens with zero attached hydrogens (tertiary/aromatic N) is 2. The molecule has 2 aromatic carbocycles. The van der Waals surface area contributed by atoms with E-state index in [1.165, 1.54) is 10.6 Å². The van der Waals surface area contributed by atoms with E-state index in [4.69, 9.17) is 4.42 Å². The molecule has 1 aliphatic heterocycles. The minimum Gasteiger partial charge on any atom is -0.459 e. The Hall–Kier alpha value is -3.17. The van der Waals surface area contributed by atoms with Crippen molar-refractivity contribution in [1.29, 1.82) is 0 Å². The standard InChI is InChI=1S/C23H25N3O5S/c27-22(8-3-11-24-23(28)21-7-4-16-31-21)25-12-14-26(15-13-25)32(29,30)20-10-9-18-5-1-2-6-19(18)17-20/h1-2,4-7,9-10,16-17H,3,8,11-15H2,(H,24,28). The molecule has 1 fully saturated rings. The predicted octanol–water partition coefficient (Wildman–Crippen LogP) is 2.48. The number of furan rings is 1. The average Bonchev–Trinajstić information content (AvgIpc) is 3.36. The normalized spacial score (nSPS) is 15.1. The summed E-state index contributed by atoms with van der Waals surface area (Å²) in [5.41, 5.74) is 0. The molecule has 0 aliphatic carbocycles. The number of piperazine rings is 1. The van der Waals surface area contributed by atoms with E-state index in [1.54, 1.807) is 29.2 Å². The molecular weight excluding hydrogens is 430 g/mol. The third-order valence-electron chi connectivity index (χ3n) is 5.55. The molecule has 2 amide bonds. The summed E-state index contributed by atoms with van der Waals surface area (Å²) in [7, 11) is -3.62. The SMILES string of the molecule is O=C(NCCCC(=O)N1CCN(S(=O)(=O)c2ccc3ccccc3c2)CC1)c1ccco1. The first-order valence-corrected chi connectivity index (χ1v) is 12.0. The minimum absolute atomic E-state index is 0.0417. The van der Waals surface area contributed by atoms with Gasteiger partial charge in [0.1, 0.15) is 0 Å². The summed E-state index contributed by atoms with van der Waals surface area (Å²) >= 11 is 0. The quantitative estimate of drug-likeness (QED) is 0.552. The summed E-state index contributed by atoms with van der Waals surface area (Å²) < 4.78 is 32.6. The van der Waals surface area contributed by atoms with Crippen LogP contribution in [0.1, 0.15) is 23.4 Å². The Morgan fingerprint density at radius 2 is 1.69 bits per heavy atom. The van der Waals surface area contributed by atoms with Crippen molar-refractivity contribution in [3.05, 3.63) is 66.6 Å². The lowest BCUT2D eigenvalue weighted by molar-refractivity contribution is -0.132. The van der Waals surface area contributed by atoms with Crippen molar-refractivity contribution in [2.24, 2.45) is 0 Å². The monoisotopic (exact) mass is 455 g/mol. The summed E-state index contributed by atoms with van der Waals surface area (Å²) in [4.78, 5) is 26.2. The van der Waals surface area contributed by atoms with Crippen molar-refractivity contribution in [2.45, 2.75) is 17.7 Å². The molecule has 0 spiro atoms. The molecule has 1 aromatic heterocycles. The molecule has 1 aliphatic rings. The average molecular weight is 456 g/mol. The first-order chi connectivity index (χ1) is 15.4. The zero-order chi connectivity index (χ0) is 22.6. The largest absolute Gasteiger partial charge is 0.459 e. The summed E-state index contributed by atoms with van der Waals surface area (Å²) in [5.74, 6) is -0.116. The minimum atomic E-state index is -3.62. The molecule has 9 heteroatoms. The lowest BCUT2D eigenvalue weighted by Crippen LogP contribution is -2.50. The molecular formula is C23H25N3O5S. The van der Waals surface area contributed by atoms with Crippen LogP contribution in [0.5, 0.6) is 0 Å². The van der Waals surface area contributed by atoms with Crippen molar-refractivity contribution in [3.8, 4) is 0 Å². The van der Waals surface area contributed by atoms with Crippen LogP contribution < -0.4 is 5.32 Å². The highest BCUT2D eigenvalue weighted by Gasteiger charge is 2.30. The molecule has 0 radical (unpaired) electrons. The van der Waals surface area contributed by atoms with Gasteiger partial charge in [-0.3, -0.25) is 9.59 Å². The molecule has 32 heavy (non-hydrogen) atoms. The molecule has 1 saturated heterocycles. The van der Waals surface area contributed by atoms with Gasteiger partial charge >= 0.3 is 0 Å². The molecule has 0 atom stereocenters. The maximum Gasteiger partial charge on any atom is 0.286 e. The van der Waals surface area contributed by atoms with Crippen molar-refractivity contribution in [1.82, 2.24) is 14.5 Å². The van der Waals surface area contributed by atoms with Crippen LogP contribution in [-0.4, -0.2) is 62.2 Å². The number of hydrogen-bond acceptors (Lipinski definition) is 5. The van der Waals surface area contributed by atoms with Crippen molar-refractivity contribution >= 4 is 32.6 Å². The van der Waals surface area contributed by atoms with E-state index in [-0.39, 0.29) is 42.0 Å². The number of amides is 2. The number of nitrogens with one attached hydrogen (secondary N) is 1. The number of benzene rings is 2. The summed E-state index contributed by atoms with van der Waals surface area (Å²) in [6.45, 7) is 1.59. The van der Waals surface area contributed by atoms with Crippen LogP contribution in [0.25, 0.3) is 10.8 Å². The van der Waals surface area contributed by atoms with Gasteiger partial charge in [0.15, 0.2) is 5.76 Å². The summed E-state index contributed by atoms with van der Waals surface area (Å²) in [6.07, 6.45) is 2.22. The number of hydrogen-bond donors (Lipinski definition) is 1. The highest BCUT2D eigenvalue weighted by molar-refractivity contribution is 7.89. The van der Waals surface area contributed by atoms with Crippen molar-refractivity contribution < 1.29 is 22.4 Å². The second-order valence-corrected chi connectivity index (χ2v) is 9.57. The third kappa shape index (κ3) is 4.84. The Balaban J connectivity index is 1.26. The van der Waals surface area contributed by atoms with E-state index in [0.29, 0.717) is 26.1 Å². The number of sulfonamides is 1. The second kappa shape index (κ2) is 9.54. The van der Waals surface area contributed by atoms with Gasteiger partial charge in [-0.25, -0.2) is 8.42 Å². The summed E-state index contributed by atoms with van der Waals surface area (Å²) in [6, 6.07) is 16.0. The molecule has 0 saturated carbocycles. The highest BCUT2D eigenvalue weighted by atomic mass is 32.2. The van der Waals surface area contributed by atoms with Crippen LogP contribution >= 0.6 is 0 Å². The van der Waals surface area contributed by atoms with E-state index in [9.17, 15) is 18.0 Å². The predicted molar refractivity (Wildman–Crippen MR) is 120 cm³/mol. The Morgan fingerprint density at radius 3 is 2.41 bits per heavy atom. The van der Waals surface area contributed by atoms with Crippen LogP contribution in [0.3, 0.4) is 0 Å². The molecule has 3 aromatic rings. The van der Waals surface area contributed by atoms with Gasteiger partial charge in [-0.2, -0.15) is 4.31 Å². The smallest absolute Gasteiger partial charge is 0.286 e. The topological polar surface area (TPSA) is 99.9 Å². The molecule has 4 rings (SSSR count). The van der Waals surface area contributed by atoms with Crippen LogP contribution in [0, 0.1) is 0 Å². The van der Waals surface area contributed by atoms with Crippen LogP contribution in [0.4, 0.5) is 0 Å².